The number of ether oxygens (including phenoxy) is 1. The maximum atomic E-state index is 12.6. The van der Waals surface area contributed by atoms with E-state index in [0.29, 0.717) is 10.6 Å². The van der Waals surface area contributed by atoms with Crippen LogP contribution in [0.3, 0.4) is 0 Å². The van der Waals surface area contributed by atoms with Crippen LogP contribution >= 0.6 is 22.9 Å². The molecule has 2 aromatic heterocycles. The number of fused-ring (bicyclic) bond motifs is 1. The van der Waals surface area contributed by atoms with Gasteiger partial charge in [0.05, 0.1) is 15.8 Å². The smallest absolute Gasteiger partial charge is 0.337 e. The highest BCUT2D eigenvalue weighted by atomic mass is 35.5. The molecule has 9 heteroatoms. The lowest BCUT2D eigenvalue weighted by Crippen LogP contribution is -2.46. The van der Waals surface area contributed by atoms with Crippen LogP contribution in [0.2, 0.25) is 5.02 Å². The van der Waals surface area contributed by atoms with Crippen molar-refractivity contribution in [2.45, 2.75) is 46.3 Å². The van der Waals surface area contributed by atoms with Crippen LogP contribution in [0.5, 0.6) is 0 Å². The fourth-order valence-electron chi connectivity index (χ4n) is 5.18. The minimum Gasteiger partial charge on any atom is -0.479 e. The van der Waals surface area contributed by atoms with Gasteiger partial charge >= 0.3 is 5.97 Å². The summed E-state index contributed by atoms with van der Waals surface area (Å²) in [5.41, 5.74) is 4.30. The van der Waals surface area contributed by atoms with E-state index in [9.17, 15) is 9.90 Å². The van der Waals surface area contributed by atoms with E-state index in [1.807, 2.05) is 70.3 Å². The first-order valence-electron chi connectivity index (χ1n) is 13.6. The van der Waals surface area contributed by atoms with E-state index in [-0.39, 0.29) is 0 Å². The summed E-state index contributed by atoms with van der Waals surface area (Å²) in [6.45, 7) is 14.7. The maximum absolute atomic E-state index is 12.6. The standard InChI is InChI=1S/C31H35ClN4O3S/c1-6-35-13-15-36(16-14-35)24-18-21(11-12-33-24)29-34-23-17-19(2)25(27(30(37)38)39-31(3,4)5)26(28(23)40-29)20-7-9-22(32)10-8-20/h7-12,17-18,27H,6,13-16H2,1-5H3,(H,37,38). The van der Waals surface area contributed by atoms with Crippen molar-refractivity contribution in [2.75, 3.05) is 37.6 Å². The third-order valence-electron chi connectivity index (χ3n) is 7.15. The number of hydrogen-bond acceptors (Lipinski definition) is 7. The molecule has 0 amide bonds. The molecule has 2 aromatic carbocycles. The van der Waals surface area contributed by atoms with Gasteiger partial charge in [0.1, 0.15) is 10.8 Å². The normalized spacial score (nSPS) is 15.5. The molecule has 3 heterocycles. The van der Waals surface area contributed by atoms with E-state index >= 15 is 0 Å². The minimum absolute atomic E-state index is 0.615. The number of halogens is 1. The number of piperazine rings is 1. The van der Waals surface area contributed by atoms with E-state index in [1.165, 1.54) is 0 Å². The Hall–Kier alpha value is -3.04. The van der Waals surface area contributed by atoms with Crippen molar-refractivity contribution in [1.29, 1.82) is 0 Å². The van der Waals surface area contributed by atoms with Crippen LogP contribution in [-0.4, -0.2) is 64.3 Å². The number of carboxylic acids is 1. The molecule has 0 radical (unpaired) electrons. The molecule has 5 rings (SSSR count). The van der Waals surface area contributed by atoms with Crippen molar-refractivity contribution >= 4 is 44.9 Å². The lowest BCUT2D eigenvalue weighted by molar-refractivity contribution is -0.160. The number of nitrogens with zero attached hydrogens (tertiary/aromatic N) is 4. The number of rotatable bonds is 7. The Morgan fingerprint density at radius 3 is 2.42 bits per heavy atom. The Labute approximate surface area is 244 Å². The van der Waals surface area contributed by atoms with Crippen LogP contribution < -0.4 is 4.90 Å². The Kier molecular flexibility index (Phi) is 8.15. The third kappa shape index (κ3) is 6.00. The lowest BCUT2D eigenvalue weighted by atomic mass is 9.91. The topological polar surface area (TPSA) is 78.8 Å². The molecule has 1 N–H and O–H groups in total. The summed E-state index contributed by atoms with van der Waals surface area (Å²) < 4.78 is 7.05. The van der Waals surface area contributed by atoms with Crippen LogP contribution in [0, 0.1) is 6.92 Å². The molecule has 0 spiro atoms. The second-order valence-corrected chi connectivity index (χ2v) is 12.6. The van der Waals surface area contributed by atoms with Crippen LogP contribution in [-0.2, 0) is 9.53 Å². The molecular formula is C31H35ClN4O3S. The van der Waals surface area contributed by atoms with Gasteiger partial charge in [0.2, 0.25) is 0 Å². The van der Waals surface area contributed by atoms with Crippen molar-refractivity contribution in [3.63, 3.8) is 0 Å². The molecule has 40 heavy (non-hydrogen) atoms. The Morgan fingerprint density at radius 2 is 1.80 bits per heavy atom. The largest absolute Gasteiger partial charge is 0.479 e. The maximum Gasteiger partial charge on any atom is 0.337 e. The molecule has 4 aromatic rings. The zero-order valence-corrected chi connectivity index (χ0v) is 25.1. The van der Waals surface area contributed by atoms with Gasteiger partial charge in [-0.1, -0.05) is 30.7 Å². The van der Waals surface area contributed by atoms with E-state index in [1.54, 1.807) is 11.3 Å². The summed E-state index contributed by atoms with van der Waals surface area (Å²) in [7, 11) is 0. The molecular weight excluding hydrogens is 544 g/mol. The minimum atomic E-state index is -1.14. The Bertz CT molecular complexity index is 1520. The molecule has 1 fully saturated rings. The number of pyridine rings is 1. The van der Waals surface area contributed by atoms with Crippen molar-refractivity contribution in [1.82, 2.24) is 14.9 Å². The molecule has 1 aliphatic rings. The van der Waals surface area contributed by atoms with Crippen molar-refractivity contribution in [3.05, 3.63) is 64.8 Å². The Balaban J connectivity index is 1.64. The van der Waals surface area contributed by atoms with Gasteiger partial charge in [0, 0.05) is 54.1 Å². The van der Waals surface area contributed by atoms with E-state index in [0.717, 1.165) is 76.0 Å². The number of thiazole rings is 1. The lowest BCUT2D eigenvalue weighted by Gasteiger charge is -2.34. The predicted octanol–water partition coefficient (Wildman–Crippen LogP) is 7.07. The number of aliphatic carboxylic acids is 1. The molecule has 1 unspecified atom stereocenters. The number of likely N-dealkylation sites (N-methyl/N-ethyl adjacent to an activating group) is 1. The van der Waals surface area contributed by atoms with Crippen LogP contribution in [0.25, 0.3) is 31.9 Å². The molecule has 1 saturated heterocycles. The first-order chi connectivity index (χ1) is 19.0. The summed E-state index contributed by atoms with van der Waals surface area (Å²) in [5, 5.41) is 11.8. The fraction of sp³-hybridized carbons (Fsp3) is 0.387. The summed E-state index contributed by atoms with van der Waals surface area (Å²) in [5.74, 6) is -0.0777. The van der Waals surface area contributed by atoms with Crippen molar-refractivity contribution in [2.24, 2.45) is 0 Å². The number of carbonyl (C=O) groups is 1. The van der Waals surface area contributed by atoms with Gasteiger partial charge in [-0.25, -0.2) is 14.8 Å². The molecule has 0 aliphatic carbocycles. The highest BCUT2D eigenvalue weighted by Crippen LogP contribution is 2.44. The number of hydrogen-bond donors (Lipinski definition) is 1. The highest BCUT2D eigenvalue weighted by molar-refractivity contribution is 7.22. The predicted molar refractivity (Wildman–Crippen MR) is 164 cm³/mol. The average Bonchev–Trinajstić information content (AvgIpc) is 3.35. The average molecular weight is 579 g/mol. The van der Waals surface area contributed by atoms with Gasteiger partial charge in [-0.05, 0) is 75.7 Å². The Morgan fingerprint density at radius 1 is 1.10 bits per heavy atom. The van der Waals surface area contributed by atoms with Gasteiger partial charge in [-0.2, -0.15) is 0 Å². The fourth-order valence-corrected chi connectivity index (χ4v) is 6.43. The second-order valence-electron chi connectivity index (χ2n) is 11.1. The van der Waals surface area contributed by atoms with Crippen LogP contribution in [0.15, 0.2) is 48.7 Å². The summed E-state index contributed by atoms with van der Waals surface area (Å²) >= 11 is 7.78. The zero-order chi connectivity index (χ0) is 28.6. The number of anilines is 1. The molecule has 7 nitrogen and oxygen atoms in total. The third-order valence-corrected chi connectivity index (χ3v) is 8.54. The number of aromatic nitrogens is 2. The van der Waals surface area contributed by atoms with E-state index in [4.69, 9.17) is 21.3 Å². The van der Waals surface area contributed by atoms with Gasteiger partial charge < -0.3 is 19.6 Å². The quantitative estimate of drug-likeness (QED) is 0.251. The number of benzene rings is 2. The first-order valence-corrected chi connectivity index (χ1v) is 14.8. The van der Waals surface area contributed by atoms with Gasteiger partial charge in [0.25, 0.3) is 0 Å². The molecule has 0 bridgehead atoms. The summed E-state index contributed by atoms with van der Waals surface area (Å²) in [4.78, 5) is 27.0. The van der Waals surface area contributed by atoms with Crippen LogP contribution in [0.4, 0.5) is 5.82 Å². The van der Waals surface area contributed by atoms with Crippen molar-refractivity contribution in [3.8, 4) is 21.7 Å². The molecule has 1 atom stereocenters. The van der Waals surface area contributed by atoms with Crippen LogP contribution in [0.1, 0.15) is 44.9 Å². The molecule has 1 aliphatic heterocycles. The summed E-state index contributed by atoms with van der Waals surface area (Å²) in [6, 6.07) is 13.6. The SMILES string of the molecule is CCN1CCN(c2cc(-c3nc4cc(C)c(C(OC(C)(C)C)C(=O)O)c(-c5ccc(Cl)cc5)c4s3)ccn2)CC1. The highest BCUT2D eigenvalue weighted by Gasteiger charge is 2.32. The second kappa shape index (κ2) is 11.4. The van der Waals surface area contributed by atoms with Crippen molar-refractivity contribution < 1.29 is 14.6 Å². The number of aryl methyl sites for hydroxylation is 1. The first kappa shape index (κ1) is 28.5. The van der Waals surface area contributed by atoms with E-state index in [2.05, 4.69) is 27.8 Å². The number of carboxylic acid groups (broad SMARTS) is 1. The summed E-state index contributed by atoms with van der Waals surface area (Å²) in [6.07, 6.45) is 0.701. The molecule has 0 saturated carbocycles. The monoisotopic (exact) mass is 578 g/mol. The molecule has 210 valence electrons. The van der Waals surface area contributed by atoms with Gasteiger partial charge in [-0.3, -0.25) is 0 Å². The van der Waals surface area contributed by atoms with E-state index < -0.39 is 17.7 Å². The van der Waals surface area contributed by atoms with Gasteiger partial charge in [-0.15, -0.1) is 11.3 Å². The van der Waals surface area contributed by atoms with Gasteiger partial charge in [0.15, 0.2) is 6.10 Å². The zero-order valence-electron chi connectivity index (χ0n) is 23.6.